The van der Waals surface area contributed by atoms with E-state index in [1.165, 1.54) is 0 Å². The van der Waals surface area contributed by atoms with Crippen LogP contribution in [0.3, 0.4) is 0 Å². The Morgan fingerprint density at radius 2 is 1.80 bits per heavy atom. The fraction of sp³-hybridized carbons (Fsp3) is 0.571. The zero-order chi connectivity index (χ0) is 15.5. The Hall–Kier alpha value is -1.56. The Labute approximate surface area is 123 Å². The van der Waals surface area contributed by atoms with E-state index in [0.717, 1.165) is 11.3 Å². The molecule has 0 saturated heterocycles. The predicted molar refractivity (Wildman–Crippen MR) is 79.2 cm³/mol. The van der Waals surface area contributed by atoms with Crippen molar-refractivity contribution in [1.82, 2.24) is 0 Å². The second-order valence-electron chi connectivity index (χ2n) is 5.22. The van der Waals surface area contributed by atoms with Gasteiger partial charge >= 0.3 is 11.9 Å². The SMILES string of the molecule is CCOC(=O)c1c(N)sc(C(=O)OC(C)(C)C)c1CC. The van der Waals surface area contributed by atoms with Gasteiger partial charge in [0.05, 0.1) is 12.2 Å². The number of ether oxygens (including phenoxy) is 2. The fourth-order valence-corrected chi connectivity index (χ4v) is 2.76. The van der Waals surface area contributed by atoms with Crippen molar-refractivity contribution in [1.29, 1.82) is 0 Å². The molecule has 0 radical (unpaired) electrons. The van der Waals surface area contributed by atoms with E-state index in [-0.39, 0.29) is 6.61 Å². The molecule has 0 saturated carbocycles. The molecular weight excluding hydrogens is 278 g/mol. The van der Waals surface area contributed by atoms with Gasteiger partial charge in [0.25, 0.3) is 0 Å². The van der Waals surface area contributed by atoms with Crippen LogP contribution in [-0.2, 0) is 15.9 Å². The molecule has 0 fully saturated rings. The van der Waals surface area contributed by atoms with Crippen molar-refractivity contribution in [2.24, 2.45) is 0 Å². The van der Waals surface area contributed by atoms with Crippen LogP contribution in [0.5, 0.6) is 0 Å². The zero-order valence-corrected chi connectivity index (χ0v) is 13.3. The molecule has 0 unspecified atom stereocenters. The average Bonchev–Trinajstić information content (AvgIpc) is 2.64. The standard InChI is InChI=1S/C14H21NO4S/c1-6-8-9(12(16)18-7-2)11(15)20-10(8)13(17)19-14(3,4)5/h6-7,15H2,1-5H3. The van der Waals surface area contributed by atoms with Crippen LogP contribution in [0.4, 0.5) is 5.00 Å². The first-order chi connectivity index (χ1) is 9.21. The summed E-state index contributed by atoms with van der Waals surface area (Å²) in [7, 11) is 0. The van der Waals surface area contributed by atoms with Gasteiger partial charge in [0.2, 0.25) is 0 Å². The summed E-state index contributed by atoms with van der Waals surface area (Å²) in [6, 6.07) is 0. The largest absolute Gasteiger partial charge is 0.462 e. The first kappa shape index (κ1) is 16.5. The maximum Gasteiger partial charge on any atom is 0.349 e. The number of carbonyl (C=O) groups excluding carboxylic acids is 2. The Kier molecular flexibility index (Phi) is 5.16. The lowest BCUT2D eigenvalue weighted by molar-refractivity contribution is 0.00742. The molecule has 0 atom stereocenters. The van der Waals surface area contributed by atoms with Crippen LogP contribution in [0.2, 0.25) is 0 Å². The Bertz CT molecular complexity index is 514. The summed E-state index contributed by atoms with van der Waals surface area (Å²) in [6.07, 6.45) is 0.510. The molecule has 20 heavy (non-hydrogen) atoms. The monoisotopic (exact) mass is 299 g/mol. The summed E-state index contributed by atoms with van der Waals surface area (Å²) >= 11 is 1.07. The molecule has 0 aliphatic heterocycles. The minimum Gasteiger partial charge on any atom is -0.462 e. The van der Waals surface area contributed by atoms with Gasteiger partial charge < -0.3 is 15.2 Å². The van der Waals surface area contributed by atoms with E-state index in [4.69, 9.17) is 15.2 Å². The fourth-order valence-electron chi connectivity index (χ4n) is 1.74. The van der Waals surface area contributed by atoms with Crippen molar-refractivity contribution in [3.63, 3.8) is 0 Å². The summed E-state index contributed by atoms with van der Waals surface area (Å²) in [5.41, 5.74) is 6.16. The third-order valence-electron chi connectivity index (χ3n) is 2.45. The number of hydrogen-bond donors (Lipinski definition) is 1. The van der Waals surface area contributed by atoms with E-state index in [9.17, 15) is 9.59 Å². The summed E-state index contributed by atoms with van der Waals surface area (Å²) < 4.78 is 10.3. The second-order valence-corrected chi connectivity index (χ2v) is 6.28. The molecule has 1 rings (SSSR count). The minimum absolute atomic E-state index is 0.263. The van der Waals surface area contributed by atoms with Gasteiger partial charge in [0.1, 0.15) is 15.5 Å². The van der Waals surface area contributed by atoms with Crippen LogP contribution in [0, 0.1) is 0 Å². The molecule has 1 aromatic rings. The molecule has 2 N–H and O–H groups in total. The maximum atomic E-state index is 12.2. The third kappa shape index (κ3) is 3.72. The smallest absolute Gasteiger partial charge is 0.349 e. The van der Waals surface area contributed by atoms with Crippen molar-refractivity contribution in [3.8, 4) is 0 Å². The molecule has 5 nitrogen and oxygen atoms in total. The lowest BCUT2D eigenvalue weighted by Gasteiger charge is -2.19. The van der Waals surface area contributed by atoms with Gasteiger partial charge in [-0.15, -0.1) is 11.3 Å². The number of hydrogen-bond acceptors (Lipinski definition) is 6. The molecule has 112 valence electrons. The minimum atomic E-state index is -0.592. The summed E-state index contributed by atoms with van der Waals surface area (Å²) in [6.45, 7) is 9.22. The highest BCUT2D eigenvalue weighted by atomic mass is 32.1. The van der Waals surface area contributed by atoms with Gasteiger partial charge in [-0.05, 0) is 39.7 Å². The molecule has 6 heteroatoms. The number of rotatable bonds is 4. The van der Waals surface area contributed by atoms with Crippen LogP contribution in [-0.4, -0.2) is 24.1 Å². The van der Waals surface area contributed by atoms with Crippen LogP contribution in [0.25, 0.3) is 0 Å². The first-order valence-electron chi connectivity index (χ1n) is 6.52. The number of thiophene rings is 1. The highest BCUT2D eigenvalue weighted by molar-refractivity contribution is 7.18. The Morgan fingerprint density at radius 3 is 2.25 bits per heavy atom. The Morgan fingerprint density at radius 1 is 1.20 bits per heavy atom. The number of carbonyl (C=O) groups is 2. The van der Waals surface area contributed by atoms with Gasteiger partial charge in [-0.2, -0.15) is 0 Å². The second kappa shape index (κ2) is 6.26. The van der Waals surface area contributed by atoms with Crippen LogP contribution in [0.1, 0.15) is 60.2 Å². The van der Waals surface area contributed by atoms with Gasteiger partial charge in [0.15, 0.2) is 0 Å². The van der Waals surface area contributed by atoms with Gasteiger partial charge in [-0.25, -0.2) is 9.59 Å². The first-order valence-corrected chi connectivity index (χ1v) is 7.34. The van der Waals surface area contributed by atoms with E-state index in [1.807, 2.05) is 6.92 Å². The van der Waals surface area contributed by atoms with E-state index >= 15 is 0 Å². The molecule has 0 spiro atoms. The van der Waals surface area contributed by atoms with Crippen molar-refractivity contribution in [2.45, 2.75) is 46.6 Å². The van der Waals surface area contributed by atoms with Crippen LogP contribution in [0.15, 0.2) is 0 Å². The predicted octanol–water partition coefficient (Wildman–Crippen LogP) is 3.02. The summed E-state index contributed by atoms with van der Waals surface area (Å²) in [4.78, 5) is 24.5. The molecule has 0 amide bonds. The van der Waals surface area contributed by atoms with E-state index in [0.29, 0.717) is 27.4 Å². The lowest BCUT2D eigenvalue weighted by atomic mass is 10.1. The van der Waals surface area contributed by atoms with E-state index in [2.05, 4.69) is 0 Å². The van der Waals surface area contributed by atoms with E-state index < -0.39 is 17.5 Å². The molecule has 0 aliphatic rings. The van der Waals surface area contributed by atoms with Crippen molar-refractivity contribution < 1.29 is 19.1 Å². The van der Waals surface area contributed by atoms with Crippen molar-refractivity contribution in [3.05, 3.63) is 16.0 Å². The highest BCUT2D eigenvalue weighted by Crippen LogP contribution is 2.33. The maximum absolute atomic E-state index is 12.2. The van der Waals surface area contributed by atoms with Crippen LogP contribution >= 0.6 is 11.3 Å². The number of anilines is 1. The van der Waals surface area contributed by atoms with Crippen molar-refractivity contribution >= 4 is 28.3 Å². The van der Waals surface area contributed by atoms with Crippen molar-refractivity contribution in [2.75, 3.05) is 12.3 Å². The average molecular weight is 299 g/mol. The molecule has 0 aliphatic carbocycles. The molecular formula is C14H21NO4S. The molecule has 1 aromatic heterocycles. The molecule has 0 aromatic carbocycles. The van der Waals surface area contributed by atoms with Gasteiger partial charge in [0, 0.05) is 0 Å². The van der Waals surface area contributed by atoms with Crippen LogP contribution < -0.4 is 5.73 Å². The third-order valence-corrected chi connectivity index (χ3v) is 3.49. The lowest BCUT2D eigenvalue weighted by Crippen LogP contribution is -2.24. The number of esters is 2. The molecule has 1 heterocycles. The quantitative estimate of drug-likeness (QED) is 0.865. The summed E-state index contributed by atoms with van der Waals surface area (Å²) in [5.74, 6) is -0.950. The van der Waals surface area contributed by atoms with E-state index in [1.54, 1.807) is 27.7 Å². The highest BCUT2D eigenvalue weighted by Gasteiger charge is 2.28. The Balaban J connectivity index is 3.20. The van der Waals surface area contributed by atoms with Gasteiger partial charge in [-0.3, -0.25) is 0 Å². The number of nitrogens with two attached hydrogens (primary N) is 1. The summed E-state index contributed by atoms with van der Waals surface area (Å²) in [5, 5.41) is 0.293. The normalized spacial score (nSPS) is 11.2. The molecule has 0 bridgehead atoms. The van der Waals surface area contributed by atoms with Gasteiger partial charge in [-0.1, -0.05) is 6.92 Å². The topological polar surface area (TPSA) is 78.6 Å². The number of nitrogen functional groups attached to an aromatic ring is 1. The zero-order valence-electron chi connectivity index (χ0n) is 12.5.